The van der Waals surface area contributed by atoms with Crippen LogP contribution in [0.2, 0.25) is 10.0 Å². The van der Waals surface area contributed by atoms with Crippen molar-refractivity contribution in [1.82, 2.24) is 0 Å². The number of nitrogens with one attached hydrogen (secondary N) is 1. The van der Waals surface area contributed by atoms with E-state index in [2.05, 4.69) is 5.32 Å². The molecule has 0 saturated heterocycles. The first kappa shape index (κ1) is 24.6. The molecule has 0 fully saturated rings. The first-order valence-electron chi connectivity index (χ1n) is 9.82. The molecule has 0 aromatic heterocycles. The molecule has 3 aromatic carbocycles. The Morgan fingerprint density at radius 2 is 1.68 bits per heavy atom. The second-order valence-corrected chi connectivity index (χ2v) is 7.77. The van der Waals surface area contributed by atoms with Gasteiger partial charge in [0.2, 0.25) is 0 Å². The smallest absolute Gasteiger partial charge is 0.335 e. The van der Waals surface area contributed by atoms with E-state index in [9.17, 15) is 14.9 Å². The molecule has 0 atom stereocenters. The summed E-state index contributed by atoms with van der Waals surface area (Å²) in [4.78, 5) is 23.5. The highest BCUT2D eigenvalue weighted by Crippen LogP contribution is 2.35. The van der Waals surface area contributed by atoms with Crippen LogP contribution >= 0.6 is 23.2 Å². The molecular formula is C25H18Cl2N2O5. The van der Waals surface area contributed by atoms with Crippen LogP contribution in [0.3, 0.4) is 0 Å². The van der Waals surface area contributed by atoms with Gasteiger partial charge in [-0.05, 0) is 65.7 Å². The van der Waals surface area contributed by atoms with E-state index >= 15 is 0 Å². The number of ether oxygens (including phenoxy) is 2. The Morgan fingerprint density at radius 3 is 2.21 bits per heavy atom. The number of aromatic carboxylic acids is 1. The van der Waals surface area contributed by atoms with Crippen molar-refractivity contribution < 1.29 is 24.2 Å². The number of hydrogen-bond donors (Lipinski definition) is 2. The van der Waals surface area contributed by atoms with Crippen molar-refractivity contribution in [3.05, 3.63) is 93.0 Å². The Kier molecular flexibility index (Phi) is 8.14. The van der Waals surface area contributed by atoms with Gasteiger partial charge in [-0.15, -0.1) is 0 Å². The number of nitrogens with zero attached hydrogens (tertiary/aromatic N) is 1. The molecule has 7 nitrogen and oxygen atoms in total. The van der Waals surface area contributed by atoms with Crippen LogP contribution in [0.5, 0.6) is 11.5 Å². The van der Waals surface area contributed by atoms with Gasteiger partial charge in [-0.1, -0.05) is 35.3 Å². The second kappa shape index (κ2) is 11.2. The molecule has 0 heterocycles. The molecule has 2 N–H and O–H groups in total. The van der Waals surface area contributed by atoms with Crippen molar-refractivity contribution >= 4 is 46.8 Å². The number of rotatable bonds is 8. The number of carboxylic acid groups (broad SMARTS) is 1. The minimum atomic E-state index is -1.02. The fraction of sp³-hybridized carbons (Fsp3) is 0.0800. The van der Waals surface area contributed by atoms with Crippen LogP contribution in [0.15, 0.2) is 66.2 Å². The predicted molar refractivity (Wildman–Crippen MR) is 129 cm³/mol. The second-order valence-electron chi connectivity index (χ2n) is 6.96. The molecule has 0 radical (unpaired) electrons. The number of amides is 1. The Bertz CT molecular complexity index is 1260. The summed E-state index contributed by atoms with van der Waals surface area (Å²) in [5, 5.41) is 21.4. The van der Waals surface area contributed by atoms with Crippen molar-refractivity contribution in [2.24, 2.45) is 0 Å². The maximum atomic E-state index is 12.5. The molecule has 3 rings (SSSR count). The Morgan fingerprint density at radius 1 is 1.06 bits per heavy atom. The molecule has 1 amide bonds. The van der Waals surface area contributed by atoms with Gasteiger partial charge >= 0.3 is 5.97 Å². The lowest BCUT2D eigenvalue weighted by Crippen LogP contribution is -2.13. The third-order valence-electron chi connectivity index (χ3n) is 4.63. The number of carbonyl (C=O) groups is 2. The van der Waals surface area contributed by atoms with Crippen LogP contribution < -0.4 is 14.8 Å². The van der Waals surface area contributed by atoms with Crippen LogP contribution in [0.25, 0.3) is 6.08 Å². The molecule has 0 aliphatic carbocycles. The van der Waals surface area contributed by atoms with Crippen molar-refractivity contribution in [2.45, 2.75) is 6.61 Å². The van der Waals surface area contributed by atoms with E-state index in [4.69, 9.17) is 37.8 Å². The largest absolute Gasteiger partial charge is 0.497 e. The number of carboxylic acids is 1. The molecule has 0 spiro atoms. The van der Waals surface area contributed by atoms with Crippen LogP contribution in [0.4, 0.5) is 5.69 Å². The van der Waals surface area contributed by atoms with Gasteiger partial charge in [-0.2, -0.15) is 5.26 Å². The number of hydrogen-bond acceptors (Lipinski definition) is 5. The molecule has 0 aliphatic rings. The summed E-state index contributed by atoms with van der Waals surface area (Å²) in [6.45, 7) is 0.113. The van der Waals surface area contributed by atoms with E-state index < -0.39 is 11.9 Å². The summed E-state index contributed by atoms with van der Waals surface area (Å²) in [6, 6.07) is 17.8. The molecule has 172 valence electrons. The first-order valence-corrected chi connectivity index (χ1v) is 10.6. The van der Waals surface area contributed by atoms with E-state index in [1.807, 2.05) is 6.07 Å². The molecule has 34 heavy (non-hydrogen) atoms. The van der Waals surface area contributed by atoms with E-state index in [0.29, 0.717) is 17.0 Å². The third-order valence-corrected chi connectivity index (χ3v) is 5.19. The zero-order valence-corrected chi connectivity index (χ0v) is 19.4. The van der Waals surface area contributed by atoms with Crippen LogP contribution in [-0.2, 0) is 11.4 Å². The quantitative estimate of drug-likeness (QED) is 0.300. The zero-order valence-electron chi connectivity index (χ0n) is 17.8. The number of carbonyl (C=O) groups excluding carboxylic acids is 1. The Hall–Kier alpha value is -3.99. The van der Waals surface area contributed by atoms with Gasteiger partial charge in [-0.25, -0.2) is 4.79 Å². The lowest BCUT2D eigenvalue weighted by molar-refractivity contribution is -0.112. The molecule has 9 heteroatoms. The summed E-state index contributed by atoms with van der Waals surface area (Å²) in [5.41, 5.74) is 1.69. The summed E-state index contributed by atoms with van der Waals surface area (Å²) in [7, 11) is 1.54. The minimum absolute atomic E-state index is 0.113. The monoisotopic (exact) mass is 496 g/mol. The molecule has 0 bridgehead atoms. The lowest BCUT2D eigenvalue weighted by Gasteiger charge is -2.11. The Labute approximate surface area is 205 Å². The van der Waals surface area contributed by atoms with E-state index in [-0.39, 0.29) is 33.5 Å². The maximum Gasteiger partial charge on any atom is 0.335 e. The van der Waals surface area contributed by atoms with E-state index in [0.717, 1.165) is 5.56 Å². The Balaban J connectivity index is 1.73. The van der Waals surface area contributed by atoms with Crippen molar-refractivity contribution in [3.8, 4) is 17.6 Å². The molecule has 0 unspecified atom stereocenters. The van der Waals surface area contributed by atoms with Crippen LogP contribution in [0, 0.1) is 11.3 Å². The van der Waals surface area contributed by atoms with Crippen LogP contribution in [-0.4, -0.2) is 24.1 Å². The summed E-state index contributed by atoms with van der Waals surface area (Å²) in [5.74, 6) is -0.747. The van der Waals surface area contributed by atoms with E-state index in [1.165, 1.54) is 37.5 Å². The molecule has 3 aromatic rings. The highest BCUT2D eigenvalue weighted by Gasteiger charge is 2.13. The van der Waals surface area contributed by atoms with Gasteiger partial charge in [0, 0.05) is 5.69 Å². The van der Waals surface area contributed by atoms with Gasteiger partial charge in [0.1, 0.15) is 24.0 Å². The maximum absolute atomic E-state index is 12.5. The minimum Gasteiger partial charge on any atom is -0.497 e. The summed E-state index contributed by atoms with van der Waals surface area (Å²) < 4.78 is 10.8. The van der Waals surface area contributed by atoms with Crippen LogP contribution in [0.1, 0.15) is 21.5 Å². The topological polar surface area (TPSA) is 109 Å². The number of benzene rings is 3. The van der Waals surface area contributed by atoms with Crippen molar-refractivity contribution in [1.29, 1.82) is 5.26 Å². The zero-order chi connectivity index (χ0) is 24.7. The van der Waals surface area contributed by atoms with Gasteiger partial charge in [-0.3, -0.25) is 4.79 Å². The van der Waals surface area contributed by atoms with Gasteiger partial charge in [0.25, 0.3) is 5.91 Å². The SMILES string of the molecule is COc1ccc(NC(=O)/C(C#N)=C\c2cc(Cl)c(OCc3ccc(C(=O)O)cc3)c(Cl)c2)cc1. The summed E-state index contributed by atoms with van der Waals surface area (Å²) >= 11 is 12.6. The van der Waals surface area contributed by atoms with Crippen molar-refractivity contribution in [2.75, 3.05) is 12.4 Å². The van der Waals surface area contributed by atoms with E-state index in [1.54, 1.807) is 36.4 Å². The average Bonchev–Trinajstić information content (AvgIpc) is 2.82. The highest BCUT2D eigenvalue weighted by molar-refractivity contribution is 6.37. The normalized spacial score (nSPS) is 10.8. The molecule has 0 saturated carbocycles. The standard InChI is InChI=1S/C25H18Cl2N2O5/c1-33-20-8-6-19(7-9-20)29-24(30)18(13-28)10-16-11-21(26)23(22(27)12-16)34-14-15-2-4-17(5-3-15)25(31)32/h2-12H,14H2,1H3,(H,29,30)(H,31,32)/b18-10-. The molecular weight excluding hydrogens is 479 g/mol. The van der Waals surface area contributed by atoms with Gasteiger partial charge < -0.3 is 19.9 Å². The number of halogens is 2. The fourth-order valence-electron chi connectivity index (χ4n) is 2.89. The number of nitriles is 1. The van der Waals surface area contributed by atoms with Crippen molar-refractivity contribution in [3.63, 3.8) is 0 Å². The number of anilines is 1. The summed E-state index contributed by atoms with van der Waals surface area (Å²) in [6.07, 6.45) is 1.37. The average molecular weight is 497 g/mol. The first-order chi connectivity index (χ1) is 16.3. The van der Waals surface area contributed by atoms with Gasteiger partial charge in [0.05, 0.1) is 22.7 Å². The van der Waals surface area contributed by atoms with Gasteiger partial charge in [0.15, 0.2) is 5.75 Å². The fourth-order valence-corrected chi connectivity index (χ4v) is 3.50. The third kappa shape index (κ3) is 6.29. The number of methoxy groups -OCH3 is 1. The molecule has 0 aliphatic heterocycles. The highest BCUT2D eigenvalue weighted by atomic mass is 35.5. The lowest BCUT2D eigenvalue weighted by atomic mass is 10.1. The predicted octanol–water partition coefficient (Wildman–Crippen LogP) is 5.82.